The first kappa shape index (κ1) is 15.9. The van der Waals surface area contributed by atoms with Crippen molar-refractivity contribution >= 4 is 0 Å². The van der Waals surface area contributed by atoms with Crippen molar-refractivity contribution < 1.29 is 9.15 Å². The van der Waals surface area contributed by atoms with Crippen molar-refractivity contribution in [1.82, 2.24) is 20.0 Å². The minimum absolute atomic E-state index is 0.0914. The van der Waals surface area contributed by atoms with E-state index in [4.69, 9.17) is 9.15 Å². The van der Waals surface area contributed by atoms with E-state index in [1.54, 1.807) is 0 Å². The van der Waals surface area contributed by atoms with Gasteiger partial charge in [-0.15, -0.1) is 10.2 Å². The predicted octanol–water partition coefficient (Wildman–Crippen LogP) is 1.87. The summed E-state index contributed by atoms with van der Waals surface area (Å²) in [7, 11) is 0. The molecule has 0 aliphatic carbocycles. The molecule has 3 heterocycles. The maximum atomic E-state index is 5.97. The Morgan fingerprint density at radius 2 is 1.77 bits per heavy atom. The Bertz CT molecular complexity index is 470. The summed E-state index contributed by atoms with van der Waals surface area (Å²) in [4.78, 5) is 5.06. The van der Waals surface area contributed by atoms with Crippen molar-refractivity contribution in [3.63, 3.8) is 0 Å². The first-order valence-corrected chi connectivity index (χ1v) is 8.50. The number of likely N-dealkylation sites (tertiary alicyclic amines) is 1. The van der Waals surface area contributed by atoms with Crippen LogP contribution in [0.15, 0.2) is 4.42 Å². The molecule has 124 valence electrons. The molecule has 0 spiro atoms. The van der Waals surface area contributed by atoms with Gasteiger partial charge in [0.25, 0.3) is 0 Å². The molecule has 0 N–H and O–H groups in total. The molecule has 0 aromatic carbocycles. The molecule has 1 aromatic heterocycles. The first-order chi connectivity index (χ1) is 10.6. The van der Waals surface area contributed by atoms with Crippen molar-refractivity contribution in [2.75, 3.05) is 39.3 Å². The highest BCUT2D eigenvalue weighted by molar-refractivity contribution is 4.90. The van der Waals surface area contributed by atoms with Crippen LogP contribution in [0.5, 0.6) is 0 Å². The minimum Gasteiger partial charge on any atom is -0.423 e. The quantitative estimate of drug-likeness (QED) is 0.846. The standard InChI is InChI=1S/C16H28N4O2/c1-12-4-6-19(7-5-12)8-9-20-10-13(2)21-15(11-20)16-18-17-14(3)22-16/h12-13,15H,4-11H2,1-3H3/t13-,15-/m1/s1. The summed E-state index contributed by atoms with van der Waals surface area (Å²) in [5, 5.41) is 8.03. The Morgan fingerprint density at radius 3 is 2.45 bits per heavy atom. The molecule has 0 amide bonds. The lowest BCUT2D eigenvalue weighted by molar-refractivity contribution is -0.0907. The van der Waals surface area contributed by atoms with Crippen molar-refractivity contribution in [3.8, 4) is 0 Å². The number of aromatic nitrogens is 2. The number of ether oxygens (including phenoxy) is 1. The van der Waals surface area contributed by atoms with Crippen LogP contribution in [-0.2, 0) is 4.74 Å². The van der Waals surface area contributed by atoms with Crippen LogP contribution in [-0.4, -0.2) is 65.4 Å². The smallest absolute Gasteiger partial charge is 0.246 e. The maximum Gasteiger partial charge on any atom is 0.246 e. The summed E-state index contributed by atoms with van der Waals surface area (Å²) >= 11 is 0. The molecule has 6 heteroatoms. The van der Waals surface area contributed by atoms with Gasteiger partial charge in [-0.1, -0.05) is 6.92 Å². The third-order valence-corrected chi connectivity index (χ3v) is 4.76. The average Bonchev–Trinajstić information content (AvgIpc) is 2.93. The zero-order chi connectivity index (χ0) is 15.5. The van der Waals surface area contributed by atoms with Gasteiger partial charge in [-0.25, -0.2) is 0 Å². The molecule has 22 heavy (non-hydrogen) atoms. The van der Waals surface area contributed by atoms with Crippen LogP contribution in [0.4, 0.5) is 0 Å². The van der Waals surface area contributed by atoms with E-state index >= 15 is 0 Å². The van der Waals surface area contributed by atoms with Crippen LogP contribution >= 0.6 is 0 Å². The molecular formula is C16H28N4O2. The van der Waals surface area contributed by atoms with Gasteiger partial charge in [0.15, 0.2) is 0 Å². The lowest BCUT2D eigenvalue weighted by Crippen LogP contribution is -2.46. The van der Waals surface area contributed by atoms with E-state index < -0.39 is 0 Å². The monoisotopic (exact) mass is 308 g/mol. The summed E-state index contributed by atoms with van der Waals surface area (Å²) in [6.07, 6.45) is 2.78. The zero-order valence-corrected chi connectivity index (χ0v) is 14.0. The van der Waals surface area contributed by atoms with Gasteiger partial charge in [0.05, 0.1) is 6.10 Å². The van der Waals surface area contributed by atoms with Gasteiger partial charge in [-0.2, -0.15) is 0 Å². The third kappa shape index (κ3) is 4.06. The Labute approximate surface area is 132 Å². The van der Waals surface area contributed by atoms with E-state index in [1.165, 1.54) is 25.9 Å². The fourth-order valence-electron chi connectivity index (χ4n) is 3.37. The Balaban J connectivity index is 1.50. The van der Waals surface area contributed by atoms with Gasteiger partial charge in [0.1, 0.15) is 6.10 Å². The fraction of sp³-hybridized carbons (Fsp3) is 0.875. The third-order valence-electron chi connectivity index (χ3n) is 4.76. The predicted molar refractivity (Wildman–Crippen MR) is 83.6 cm³/mol. The van der Waals surface area contributed by atoms with Gasteiger partial charge in [-0.05, 0) is 38.8 Å². The van der Waals surface area contributed by atoms with Crippen molar-refractivity contribution in [2.24, 2.45) is 5.92 Å². The van der Waals surface area contributed by atoms with E-state index in [1.807, 2.05) is 6.92 Å². The molecule has 0 unspecified atom stereocenters. The number of hydrogen-bond donors (Lipinski definition) is 0. The second-order valence-electron chi connectivity index (χ2n) is 6.88. The Morgan fingerprint density at radius 1 is 1.05 bits per heavy atom. The number of hydrogen-bond acceptors (Lipinski definition) is 6. The topological polar surface area (TPSA) is 54.6 Å². The highest BCUT2D eigenvalue weighted by Crippen LogP contribution is 2.24. The molecule has 6 nitrogen and oxygen atoms in total. The molecule has 2 aliphatic rings. The molecule has 2 aliphatic heterocycles. The Hall–Kier alpha value is -0.980. The van der Waals surface area contributed by atoms with Crippen LogP contribution in [0.25, 0.3) is 0 Å². The summed E-state index contributed by atoms with van der Waals surface area (Å²) in [6.45, 7) is 12.8. The summed E-state index contributed by atoms with van der Waals surface area (Å²) in [5.74, 6) is 2.11. The number of morpholine rings is 1. The van der Waals surface area contributed by atoms with Crippen LogP contribution in [0.2, 0.25) is 0 Å². The first-order valence-electron chi connectivity index (χ1n) is 8.50. The lowest BCUT2D eigenvalue weighted by atomic mass is 9.99. The molecule has 0 saturated carbocycles. The summed E-state index contributed by atoms with van der Waals surface area (Å²) < 4.78 is 11.5. The molecule has 2 atom stereocenters. The second kappa shape index (κ2) is 7.06. The van der Waals surface area contributed by atoms with Crippen LogP contribution < -0.4 is 0 Å². The van der Waals surface area contributed by atoms with Gasteiger partial charge < -0.3 is 14.1 Å². The molecule has 0 bridgehead atoms. The molecule has 2 saturated heterocycles. The fourth-order valence-corrected chi connectivity index (χ4v) is 3.37. The molecule has 2 fully saturated rings. The Kier molecular flexibility index (Phi) is 5.10. The van der Waals surface area contributed by atoms with E-state index in [2.05, 4.69) is 33.8 Å². The second-order valence-corrected chi connectivity index (χ2v) is 6.88. The van der Waals surface area contributed by atoms with Gasteiger partial charge in [-0.3, -0.25) is 4.90 Å². The molecule has 3 rings (SSSR count). The minimum atomic E-state index is -0.0914. The average molecular weight is 308 g/mol. The van der Waals surface area contributed by atoms with E-state index in [9.17, 15) is 0 Å². The van der Waals surface area contributed by atoms with Crippen molar-refractivity contribution in [1.29, 1.82) is 0 Å². The van der Waals surface area contributed by atoms with Crippen LogP contribution in [0.1, 0.15) is 44.6 Å². The van der Waals surface area contributed by atoms with Gasteiger partial charge >= 0.3 is 0 Å². The van der Waals surface area contributed by atoms with Crippen molar-refractivity contribution in [3.05, 3.63) is 11.8 Å². The van der Waals surface area contributed by atoms with E-state index in [-0.39, 0.29) is 12.2 Å². The van der Waals surface area contributed by atoms with Crippen LogP contribution in [0.3, 0.4) is 0 Å². The number of piperidine rings is 1. The van der Waals surface area contributed by atoms with E-state index in [0.717, 1.165) is 32.1 Å². The van der Waals surface area contributed by atoms with Crippen molar-refractivity contribution in [2.45, 2.75) is 45.8 Å². The molecule has 1 aromatic rings. The molecule has 0 radical (unpaired) electrons. The maximum absolute atomic E-state index is 5.97. The highest BCUT2D eigenvalue weighted by atomic mass is 16.5. The largest absolute Gasteiger partial charge is 0.423 e. The summed E-state index contributed by atoms with van der Waals surface area (Å²) in [6, 6.07) is 0. The number of nitrogens with zero attached hydrogens (tertiary/aromatic N) is 4. The van der Waals surface area contributed by atoms with Gasteiger partial charge in [0, 0.05) is 33.1 Å². The van der Waals surface area contributed by atoms with Crippen LogP contribution in [0, 0.1) is 12.8 Å². The highest BCUT2D eigenvalue weighted by Gasteiger charge is 2.30. The summed E-state index contributed by atoms with van der Waals surface area (Å²) in [5.41, 5.74) is 0. The van der Waals surface area contributed by atoms with Gasteiger partial charge in [0.2, 0.25) is 11.8 Å². The number of rotatable bonds is 4. The normalized spacial score (nSPS) is 29.0. The van der Waals surface area contributed by atoms with E-state index in [0.29, 0.717) is 11.8 Å². The SMILES string of the molecule is Cc1nnc([C@H]2CN(CCN3CCC(C)CC3)C[C@@H](C)O2)o1. The number of aryl methyl sites for hydroxylation is 1. The molecular weight excluding hydrogens is 280 g/mol. The zero-order valence-electron chi connectivity index (χ0n) is 14.0. The lowest BCUT2D eigenvalue weighted by Gasteiger charge is -2.37.